The zero-order valence-electron chi connectivity index (χ0n) is 15.9. The van der Waals surface area contributed by atoms with Crippen LogP contribution in [0.3, 0.4) is 0 Å². The number of benzene rings is 2. The number of hydrogen-bond donors (Lipinski definition) is 1. The van der Waals surface area contributed by atoms with Crippen molar-refractivity contribution in [2.75, 3.05) is 19.7 Å². The number of rotatable bonds is 10. The fraction of sp³-hybridized carbons (Fsp3) is 0.500. The summed E-state index contributed by atoms with van der Waals surface area (Å²) in [6.07, 6.45) is 8.54. The summed E-state index contributed by atoms with van der Waals surface area (Å²) in [4.78, 5) is 2.53. The highest BCUT2D eigenvalue weighted by Crippen LogP contribution is 2.23. The van der Waals surface area contributed by atoms with Crippen molar-refractivity contribution in [1.29, 1.82) is 0 Å². The van der Waals surface area contributed by atoms with Crippen molar-refractivity contribution in [1.82, 2.24) is 4.90 Å². The molecule has 2 heteroatoms. The molecule has 26 heavy (non-hydrogen) atoms. The summed E-state index contributed by atoms with van der Waals surface area (Å²) in [6.45, 7) is 2.60. The number of nitrogens with zero attached hydrogens (tertiary/aromatic N) is 1. The SMILES string of the molecule is OCC1CCCN1CC(CCCCc1ccccc1)Cc1ccccc1. The first kappa shape index (κ1) is 19.1. The van der Waals surface area contributed by atoms with Gasteiger partial charge in [-0.1, -0.05) is 67.1 Å². The van der Waals surface area contributed by atoms with Gasteiger partial charge >= 0.3 is 0 Å². The largest absolute Gasteiger partial charge is 0.395 e. The molecule has 3 rings (SSSR count). The molecular weight excluding hydrogens is 318 g/mol. The molecule has 2 aromatic carbocycles. The van der Waals surface area contributed by atoms with Crippen LogP contribution >= 0.6 is 0 Å². The van der Waals surface area contributed by atoms with E-state index in [1.165, 1.54) is 43.2 Å². The van der Waals surface area contributed by atoms with Gasteiger partial charge in [0.1, 0.15) is 0 Å². The summed E-state index contributed by atoms with van der Waals surface area (Å²) in [7, 11) is 0. The zero-order chi connectivity index (χ0) is 18.0. The summed E-state index contributed by atoms with van der Waals surface area (Å²) in [5.41, 5.74) is 2.90. The van der Waals surface area contributed by atoms with Gasteiger partial charge in [0.25, 0.3) is 0 Å². The van der Waals surface area contributed by atoms with E-state index in [0.717, 1.165) is 25.9 Å². The maximum absolute atomic E-state index is 9.64. The van der Waals surface area contributed by atoms with Crippen LogP contribution in [0.15, 0.2) is 60.7 Å². The maximum atomic E-state index is 9.64. The highest BCUT2D eigenvalue weighted by molar-refractivity contribution is 5.16. The second-order valence-corrected chi connectivity index (χ2v) is 7.76. The molecule has 0 aromatic heterocycles. The highest BCUT2D eigenvalue weighted by atomic mass is 16.3. The Hall–Kier alpha value is -1.64. The number of unbranched alkanes of at least 4 members (excludes halogenated alkanes) is 1. The molecule has 1 fully saturated rings. The summed E-state index contributed by atoms with van der Waals surface area (Å²) in [5.74, 6) is 0.681. The molecule has 0 bridgehead atoms. The molecule has 2 unspecified atom stereocenters. The Morgan fingerprint density at radius 2 is 1.62 bits per heavy atom. The molecule has 140 valence electrons. The molecule has 0 aliphatic carbocycles. The minimum absolute atomic E-state index is 0.312. The van der Waals surface area contributed by atoms with Gasteiger partial charge in [-0.15, -0.1) is 0 Å². The molecule has 2 atom stereocenters. The summed E-state index contributed by atoms with van der Waals surface area (Å²) in [6, 6.07) is 22.1. The number of hydrogen-bond acceptors (Lipinski definition) is 2. The molecular formula is C24H33NO. The van der Waals surface area contributed by atoms with Gasteiger partial charge < -0.3 is 5.11 Å². The van der Waals surface area contributed by atoms with Crippen molar-refractivity contribution in [3.05, 3.63) is 71.8 Å². The van der Waals surface area contributed by atoms with E-state index in [0.29, 0.717) is 18.6 Å². The van der Waals surface area contributed by atoms with Gasteiger partial charge in [-0.25, -0.2) is 0 Å². The van der Waals surface area contributed by atoms with E-state index in [2.05, 4.69) is 65.6 Å². The third-order valence-electron chi connectivity index (χ3n) is 5.74. The average molecular weight is 352 g/mol. The predicted octanol–water partition coefficient (Wildman–Crippen LogP) is 4.72. The standard InChI is InChI=1S/C24H33NO/c26-20-24-16-9-17-25(24)19-23(18-22-13-5-2-6-14-22)15-8-7-12-21-10-3-1-4-11-21/h1-6,10-11,13-14,23-24,26H,7-9,12,15-20H2. The smallest absolute Gasteiger partial charge is 0.0586 e. The molecule has 1 heterocycles. The third kappa shape index (κ3) is 5.96. The Labute approximate surface area is 158 Å². The zero-order valence-corrected chi connectivity index (χ0v) is 15.9. The van der Waals surface area contributed by atoms with Gasteiger partial charge in [-0.2, -0.15) is 0 Å². The molecule has 2 aromatic rings. The van der Waals surface area contributed by atoms with Gasteiger partial charge in [0.05, 0.1) is 6.61 Å². The highest BCUT2D eigenvalue weighted by Gasteiger charge is 2.26. The van der Waals surface area contributed by atoms with Crippen LogP contribution in [0, 0.1) is 5.92 Å². The Bertz CT molecular complexity index is 613. The number of aryl methyl sites for hydroxylation is 1. The second kappa shape index (κ2) is 10.5. The Balaban J connectivity index is 1.52. The molecule has 1 aliphatic rings. The Morgan fingerprint density at radius 1 is 0.923 bits per heavy atom. The number of aliphatic hydroxyl groups excluding tert-OH is 1. The van der Waals surface area contributed by atoms with Crippen LogP contribution in [0.25, 0.3) is 0 Å². The first-order valence-electron chi connectivity index (χ1n) is 10.3. The number of likely N-dealkylation sites (tertiary alicyclic amines) is 1. The second-order valence-electron chi connectivity index (χ2n) is 7.76. The van der Waals surface area contributed by atoms with E-state index in [4.69, 9.17) is 0 Å². The molecule has 0 spiro atoms. The van der Waals surface area contributed by atoms with Crippen molar-refractivity contribution >= 4 is 0 Å². The van der Waals surface area contributed by atoms with Crippen LogP contribution in [-0.4, -0.2) is 35.7 Å². The van der Waals surface area contributed by atoms with E-state index in [-0.39, 0.29) is 0 Å². The molecule has 0 radical (unpaired) electrons. The van der Waals surface area contributed by atoms with E-state index < -0.39 is 0 Å². The molecule has 1 aliphatic heterocycles. The molecule has 0 saturated carbocycles. The fourth-order valence-electron chi connectivity index (χ4n) is 4.29. The summed E-state index contributed by atoms with van der Waals surface area (Å²) in [5, 5.41) is 9.64. The topological polar surface area (TPSA) is 23.5 Å². The first-order chi connectivity index (χ1) is 12.8. The minimum atomic E-state index is 0.312. The van der Waals surface area contributed by atoms with Crippen molar-refractivity contribution in [2.45, 2.75) is 51.0 Å². The van der Waals surface area contributed by atoms with E-state index in [1.54, 1.807) is 0 Å². The van der Waals surface area contributed by atoms with Crippen LogP contribution in [0.4, 0.5) is 0 Å². The van der Waals surface area contributed by atoms with Crippen LogP contribution in [0.5, 0.6) is 0 Å². The summed E-state index contributed by atoms with van der Waals surface area (Å²) >= 11 is 0. The average Bonchev–Trinajstić information content (AvgIpc) is 3.14. The minimum Gasteiger partial charge on any atom is -0.395 e. The monoisotopic (exact) mass is 351 g/mol. The third-order valence-corrected chi connectivity index (χ3v) is 5.74. The van der Waals surface area contributed by atoms with Crippen molar-refractivity contribution in [3.63, 3.8) is 0 Å². The lowest BCUT2D eigenvalue weighted by molar-refractivity contribution is 0.139. The Morgan fingerprint density at radius 3 is 2.31 bits per heavy atom. The van der Waals surface area contributed by atoms with Crippen LogP contribution < -0.4 is 0 Å². The lowest BCUT2D eigenvalue weighted by atomic mass is 9.92. The van der Waals surface area contributed by atoms with Crippen molar-refractivity contribution < 1.29 is 5.11 Å². The maximum Gasteiger partial charge on any atom is 0.0586 e. The van der Waals surface area contributed by atoms with Gasteiger partial charge in [-0.3, -0.25) is 4.90 Å². The van der Waals surface area contributed by atoms with Gasteiger partial charge in [0.2, 0.25) is 0 Å². The van der Waals surface area contributed by atoms with E-state index in [1.807, 2.05) is 0 Å². The van der Waals surface area contributed by atoms with Gasteiger partial charge in [0.15, 0.2) is 0 Å². The van der Waals surface area contributed by atoms with Crippen LogP contribution in [0.1, 0.15) is 43.2 Å². The Kier molecular flexibility index (Phi) is 7.72. The fourth-order valence-corrected chi connectivity index (χ4v) is 4.29. The molecule has 0 amide bonds. The van der Waals surface area contributed by atoms with Crippen LogP contribution in [0.2, 0.25) is 0 Å². The predicted molar refractivity (Wildman–Crippen MR) is 109 cm³/mol. The van der Waals surface area contributed by atoms with E-state index >= 15 is 0 Å². The van der Waals surface area contributed by atoms with Crippen molar-refractivity contribution in [3.8, 4) is 0 Å². The molecule has 1 saturated heterocycles. The van der Waals surface area contributed by atoms with Gasteiger partial charge in [-0.05, 0) is 62.1 Å². The van der Waals surface area contributed by atoms with Gasteiger partial charge in [0, 0.05) is 12.6 Å². The lowest BCUT2D eigenvalue weighted by Gasteiger charge is -2.28. The summed E-state index contributed by atoms with van der Waals surface area (Å²) < 4.78 is 0. The molecule has 1 N–H and O–H groups in total. The first-order valence-corrected chi connectivity index (χ1v) is 10.3. The van der Waals surface area contributed by atoms with E-state index in [9.17, 15) is 5.11 Å². The quantitative estimate of drug-likeness (QED) is 0.626. The molecule has 2 nitrogen and oxygen atoms in total. The van der Waals surface area contributed by atoms with Crippen LogP contribution in [-0.2, 0) is 12.8 Å². The normalized spacial score (nSPS) is 18.9. The number of aliphatic hydroxyl groups is 1. The lowest BCUT2D eigenvalue weighted by Crippen LogP contribution is -2.36. The van der Waals surface area contributed by atoms with Crippen molar-refractivity contribution in [2.24, 2.45) is 5.92 Å².